The number of rotatable bonds is 8. The van der Waals surface area contributed by atoms with Gasteiger partial charge in [0.2, 0.25) is 5.91 Å². The van der Waals surface area contributed by atoms with Crippen molar-refractivity contribution in [1.29, 1.82) is 0 Å². The first-order chi connectivity index (χ1) is 16.5. The number of benzene rings is 3. The van der Waals surface area contributed by atoms with E-state index in [1.807, 2.05) is 91.9 Å². The van der Waals surface area contributed by atoms with Crippen LogP contribution in [0.2, 0.25) is 0 Å². The number of carboxylic acid groups (broad SMARTS) is 1. The molecule has 4 rings (SSSR count). The lowest BCUT2D eigenvalue weighted by Crippen LogP contribution is -2.46. The summed E-state index contributed by atoms with van der Waals surface area (Å²) in [7, 11) is 0. The molecule has 2 unspecified atom stereocenters. The standard InChI is InChI=1S/C28H30N2O4/c1-20(22-11-6-3-7-12-22)27(31)29-26(25-13-8-18-30(25)28(32)33)23-14-16-24(17-15-23)34-19-21-9-4-2-5-10-21/h2-7,9-12,14-17,20,25-26H,8,13,18-19H2,1H3,(H,29,31)(H,32,33)/t20-,25?,26?/m0/s1. The van der Waals surface area contributed by atoms with Crippen molar-refractivity contribution in [3.63, 3.8) is 0 Å². The molecule has 176 valence electrons. The molecule has 1 aliphatic rings. The summed E-state index contributed by atoms with van der Waals surface area (Å²) in [5.74, 6) is 0.242. The summed E-state index contributed by atoms with van der Waals surface area (Å²) in [5, 5.41) is 12.9. The van der Waals surface area contributed by atoms with Gasteiger partial charge in [-0.1, -0.05) is 72.8 Å². The van der Waals surface area contributed by atoms with Crippen LogP contribution in [0.5, 0.6) is 5.75 Å². The van der Waals surface area contributed by atoms with E-state index >= 15 is 0 Å². The first kappa shape index (κ1) is 23.4. The monoisotopic (exact) mass is 458 g/mol. The third kappa shape index (κ3) is 5.57. The molecule has 3 aromatic carbocycles. The van der Waals surface area contributed by atoms with Crippen LogP contribution in [0.1, 0.15) is 48.4 Å². The lowest BCUT2D eigenvalue weighted by atomic mass is 9.94. The highest BCUT2D eigenvalue weighted by atomic mass is 16.5. The Morgan fingerprint density at radius 3 is 2.26 bits per heavy atom. The highest BCUT2D eigenvalue weighted by Crippen LogP contribution is 2.31. The fourth-order valence-electron chi connectivity index (χ4n) is 4.46. The van der Waals surface area contributed by atoms with Crippen LogP contribution >= 0.6 is 0 Å². The van der Waals surface area contributed by atoms with Crippen LogP contribution in [0.3, 0.4) is 0 Å². The summed E-state index contributed by atoms with van der Waals surface area (Å²) >= 11 is 0. The maximum absolute atomic E-state index is 13.2. The molecular weight excluding hydrogens is 428 g/mol. The number of amides is 2. The van der Waals surface area contributed by atoms with E-state index in [0.29, 0.717) is 19.6 Å². The molecule has 0 aliphatic carbocycles. The van der Waals surface area contributed by atoms with E-state index in [1.165, 1.54) is 4.90 Å². The van der Waals surface area contributed by atoms with Crippen LogP contribution in [0, 0.1) is 0 Å². The van der Waals surface area contributed by atoms with Crippen molar-refractivity contribution in [1.82, 2.24) is 10.2 Å². The highest BCUT2D eigenvalue weighted by Gasteiger charge is 2.37. The molecule has 3 atom stereocenters. The van der Waals surface area contributed by atoms with E-state index in [4.69, 9.17) is 4.74 Å². The Morgan fingerprint density at radius 1 is 0.971 bits per heavy atom. The van der Waals surface area contributed by atoms with Crippen LogP contribution in [-0.2, 0) is 11.4 Å². The Bertz CT molecular complexity index is 1090. The average Bonchev–Trinajstić information content (AvgIpc) is 3.37. The number of carbonyl (C=O) groups is 2. The van der Waals surface area contributed by atoms with E-state index in [0.717, 1.165) is 28.9 Å². The molecule has 0 saturated carbocycles. The van der Waals surface area contributed by atoms with Crippen molar-refractivity contribution < 1.29 is 19.4 Å². The number of carbonyl (C=O) groups excluding carboxylic acids is 1. The third-order valence-corrected chi connectivity index (χ3v) is 6.41. The van der Waals surface area contributed by atoms with Gasteiger partial charge in [-0.2, -0.15) is 0 Å². The van der Waals surface area contributed by atoms with Crippen LogP contribution in [0.4, 0.5) is 4.79 Å². The fraction of sp³-hybridized carbons (Fsp3) is 0.286. The van der Waals surface area contributed by atoms with E-state index in [-0.39, 0.29) is 17.9 Å². The largest absolute Gasteiger partial charge is 0.489 e. The number of nitrogens with one attached hydrogen (secondary N) is 1. The smallest absolute Gasteiger partial charge is 0.407 e. The zero-order chi connectivity index (χ0) is 23.9. The second-order valence-electron chi connectivity index (χ2n) is 8.65. The average molecular weight is 459 g/mol. The predicted molar refractivity (Wildman–Crippen MR) is 131 cm³/mol. The first-order valence-corrected chi connectivity index (χ1v) is 11.6. The van der Waals surface area contributed by atoms with Crippen LogP contribution in [-0.4, -0.2) is 34.6 Å². The molecule has 2 amide bonds. The number of ether oxygens (including phenoxy) is 1. The van der Waals surface area contributed by atoms with Gasteiger partial charge in [0.25, 0.3) is 0 Å². The maximum atomic E-state index is 13.2. The van der Waals surface area contributed by atoms with Gasteiger partial charge in [0.05, 0.1) is 18.0 Å². The van der Waals surface area contributed by atoms with Gasteiger partial charge in [0.1, 0.15) is 12.4 Å². The Morgan fingerprint density at radius 2 is 1.62 bits per heavy atom. The molecule has 1 heterocycles. The molecule has 6 heteroatoms. The predicted octanol–water partition coefficient (Wildman–Crippen LogP) is 5.37. The second kappa shape index (κ2) is 10.9. The topological polar surface area (TPSA) is 78.9 Å². The van der Waals surface area contributed by atoms with Crippen molar-refractivity contribution in [2.24, 2.45) is 0 Å². The molecule has 3 aromatic rings. The zero-order valence-corrected chi connectivity index (χ0v) is 19.3. The summed E-state index contributed by atoms with van der Waals surface area (Å²) in [6.07, 6.45) is 0.514. The summed E-state index contributed by atoms with van der Waals surface area (Å²) in [6.45, 7) is 2.80. The van der Waals surface area contributed by atoms with Gasteiger partial charge < -0.3 is 20.1 Å². The fourth-order valence-corrected chi connectivity index (χ4v) is 4.46. The molecule has 0 bridgehead atoms. The van der Waals surface area contributed by atoms with Crippen LogP contribution in [0.25, 0.3) is 0 Å². The summed E-state index contributed by atoms with van der Waals surface area (Å²) in [6, 6.07) is 26.3. The molecule has 0 aromatic heterocycles. The molecule has 2 N–H and O–H groups in total. The van der Waals surface area contributed by atoms with Gasteiger partial charge in [-0.15, -0.1) is 0 Å². The number of hydrogen-bond donors (Lipinski definition) is 2. The lowest BCUT2D eigenvalue weighted by molar-refractivity contribution is -0.123. The van der Waals surface area contributed by atoms with E-state index in [9.17, 15) is 14.7 Å². The molecule has 0 radical (unpaired) electrons. The van der Waals surface area contributed by atoms with E-state index in [1.54, 1.807) is 0 Å². The molecule has 6 nitrogen and oxygen atoms in total. The van der Waals surface area contributed by atoms with Gasteiger partial charge in [-0.3, -0.25) is 4.79 Å². The third-order valence-electron chi connectivity index (χ3n) is 6.41. The van der Waals surface area contributed by atoms with Gasteiger partial charge in [0, 0.05) is 6.54 Å². The Balaban J connectivity index is 1.53. The maximum Gasteiger partial charge on any atom is 0.407 e. The summed E-state index contributed by atoms with van der Waals surface area (Å²) in [4.78, 5) is 26.5. The molecule has 1 fully saturated rings. The van der Waals surface area contributed by atoms with Gasteiger partial charge in [-0.25, -0.2) is 4.79 Å². The normalized spacial score (nSPS) is 17.1. The minimum absolute atomic E-state index is 0.127. The Labute approximate surface area is 200 Å². The first-order valence-electron chi connectivity index (χ1n) is 11.6. The van der Waals surface area contributed by atoms with Gasteiger partial charge in [-0.05, 0) is 48.6 Å². The highest BCUT2D eigenvalue weighted by molar-refractivity contribution is 5.83. The number of nitrogens with zero attached hydrogens (tertiary/aromatic N) is 1. The zero-order valence-electron chi connectivity index (χ0n) is 19.3. The SMILES string of the molecule is C[C@H](C(=O)NC(c1ccc(OCc2ccccc2)cc1)C1CCCN1C(=O)O)c1ccccc1. The molecule has 34 heavy (non-hydrogen) atoms. The lowest BCUT2D eigenvalue weighted by Gasteiger charge is -2.32. The van der Waals surface area contributed by atoms with Crippen molar-refractivity contribution in [2.45, 2.75) is 44.4 Å². The van der Waals surface area contributed by atoms with Crippen molar-refractivity contribution in [3.05, 3.63) is 102 Å². The molecular formula is C28H30N2O4. The van der Waals surface area contributed by atoms with E-state index < -0.39 is 12.1 Å². The van der Waals surface area contributed by atoms with Crippen molar-refractivity contribution in [3.8, 4) is 5.75 Å². The number of likely N-dealkylation sites (tertiary alicyclic amines) is 1. The number of hydrogen-bond acceptors (Lipinski definition) is 3. The summed E-state index contributed by atoms with van der Waals surface area (Å²) < 4.78 is 5.90. The Hall–Kier alpha value is -3.80. The van der Waals surface area contributed by atoms with E-state index in [2.05, 4.69) is 5.32 Å². The van der Waals surface area contributed by atoms with Gasteiger partial charge >= 0.3 is 6.09 Å². The minimum atomic E-state index is -0.958. The van der Waals surface area contributed by atoms with Crippen LogP contribution in [0.15, 0.2) is 84.9 Å². The minimum Gasteiger partial charge on any atom is -0.489 e. The molecule has 1 saturated heterocycles. The quantitative estimate of drug-likeness (QED) is 0.476. The second-order valence-corrected chi connectivity index (χ2v) is 8.65. The molecule has 0 spiro atoms. The van der Waals surface area contributed by atoms with Crippen molar-refractivity contribution in [2.75, 3.05) is 6.54 Å². The van der Waals surface area contributed by atoms with Crippen molar-refractivity contribution >= 4 is 12.0 Å². The van der Waals surface area contributed by atoms with Crippen LogP contribution < -0.4 is 10.1 Å². The molecule has 1 aliphatic heterocycles. The van der Waals surface area contributed by atoms with Gasteiger partial charge in [0.15, 0.2) is 0 Å². The Kier molecular flexibility index (Phi) is 7.48. The summed E-state index contributed by atoms with van der Waals surface area (Å²) in [5.41, 5.74) is 2.86.